The molecule has 0 aromatic heterocycles. The van der Waals surface area contributed by atoms with Gasteiger partial charge in [0.15, 0.2) is 6.29 Å². The molecule has 7 heteroatoms. The van der Waals surface area contributed by atoms with Crippen LogP contribution in [0.1, 0.15) is 6.42 Å². The van der Waals surface area contributed by atoms with Crippen molar-refractivity contribution in [3.8, 4) is 0 Å². The molecule has 0 heterocycles. The lowest BCUT2D eigenvalue weighted by Crippen LogP contribution is -2.84. The van der Waals surface area contributed by atoms with E-state index >= 15 is 0 Å². The van der Waals surface area contributed by atoms with Gasteiger partial charge >= 0.3 is 13.6 Å². The number of hydrogen-bond donors (Lipinski definition) is 4. The fourth-order valence-corrected chi connectivity index (χ4v) is 1.00. The fourth-order valence-electron chi connectivity index (χ4n) is 0.485. The zero-order chi connectivity index (χ0) is 8.91. The molecule has 0 aliphatic heterocycles. The van der Waals surface area contributed by atoms with Gasteiger partial charge in [-0.1, -0.05) is 0 Å². The standard InChI is InChI=1S/C4H10NO5P/c6-4(7)1-2-5-3-11(8,9)10/h5H,1-3H2,(H,6,7)(H2,8,9,10)/p+1. The van der Waals surface area contributed by atoms with Gasteiger partial charge in [-0.2, -0.15) is 0 Å². The molecule has 0 saturated heterocycles. The van der Waals surface area contributed by atoms with Crippen molar-refractivity contribution in [2.45, 2.75) is 6.42 Å². The highest BCUT2D eigenvalue weighted by molar-refractivity contribution is 7.51. The Morgan fingerprint density at radius 2 is 2.00 bits per heavy atom. The number of carbonyl (C=O) groups is 1. The van der Waals surface area contributed by atoms with E-state index in [1.807, 2.05) is 0 Å². The van der Waals surface area contributed by atoms with Crippen molar-refractivity contribution >= 4 is 13.6 Å². The summed E-state index contributed by atoms with van der Waals surface area (Å²) in [6.07, 6.45) is -0.430. The third-order valence-electron chi connectivity index (χ3n) is 0.929. The van der Waals surface area contributed by atoms with Crippen LogP contribution in [0.25, 0.3) is 0 Å². The normalized spacial score (nSPS) is 11.5. The molecule has 0 rings (SSSR count). The van der Waals surface area contributed by atoms with Crippen LogP contribution in [0.2, 0.25) is 0 Å². The van der Waals surface area contributed by atoms with E-state index in [1.165, 1.54) is 5.32 Å². The summed E-state index contributed by atoms with van der Waals surface area (Å²) in [5.74, 6) is -0.966. The smallest absolute Gasteiger partial charge is 0.379 e. The molecule has 0 radical (unpaired) electrons. The van der Waals surface area contributed by atoms with Gasteiger partial charge in [0, 0.05) is 0 Å². The Bertz CT molecular complexity index is 175. The third-order valence-corrected chi connectivity index (χ3v) is 1.66. The molecule has 0 bridgehead atoms. The van der Waals surface area contributed by atoms with Crippen LogP contribution in [-0.4, -0.2) is 33.7 Å². The topological polar surface area (TPSA) is 111 Å². The minimum absolute atomic E-state index is 0.0833. The Labute approximate surface area is 63.4 Å². The number of aliphatic carboxylic acids is 1. The maximum Gasteiger partial charge on any atom is 0.379 e. The average molecular weight is 184 g/mol. The third kappa shape index (κ3) is 9.58. The molecule has 5 N–H and O–H groups in total. The molecule has 0 unspecified atom stereocenters. The van der Waals surface area contributed by atoms with E-state index in [0.29, 0.717) is 0 Å². The van der Waals surface area contributed by atoms with E-state index in [-0.39, 0.29) is 19.3 Å². The van der Waals surface area contributed by atoms with Crippen LogP contribution in [0.3, 0.4) is 0 Å². The van der Waals surface area contributed by atoms with Crippen molar-refractivity contribution in [3.63, 3.8) is 0 Å². The highest BCUT2D eigenvalue weighted by Crippen LogP contribution is 2.29. The molecule has 6 nitrogen and oxygen atoms in total. The molecule has 0 spiro atoms. The van der Waals surface area contributed by atoms with Crippen LogP contribution in [-0.2, 0) is 9.36 Å². The highest BCUT2D eigenvalue weighted by Gasteiger charge is 2.14. The maximum absolute atomic E-state index is 10.2. The van der Waals surface area contributed by atoms with Crippen molar-refractivity contribution in [1.82, 2.24) is 0 Å². The van der Waals surface area contributed by atoms with Gasteiger partial charge in [-0.05, 0) is 0 Å². The molecule has 0 aliphatic rings. The molecule has 0 fully saturated rings. The van der Waals surface area contributed by atoms with E-state index in [9.17, 15) is 9.36 Å². The summed E-state index contributed by atoms with van der Waals surface area (Å²) in [6, 6.07) is 0. The Hall–Kier alpha value is -0.420. The molecule has 11 heavy (non-hydrogen) atoms. The molecule has 0 aromatic rings. The number of carboxylic acid groups (broad SMARTS) is 1. The second-order valence-corrected chi connectivity index (χ2v) is 3.76. The molecule has 0 aromatic carbocycles. The van der Waals surface area contributed by atoms with Crippen LogP contribution in [0.4, 0.5) is 0 Å². The van der Waals surface area contributed by atoms with Gasteiger partial charge < -0.3 is 20.2 Å². The van der Waals surface area contributed by atoms with Gasteiger partial charge in [0.1, 0.15) is 0 Å². The number of quaternary nitrogens is 1. The van der Waals surface area contributed by atoms with Crippen molar-refractivity contribution in [3.05, 3.63) is 0 Å². The number of carboxylic acids is 1. The van der Waals surface area contributed by atoms with Gasteiger partial charge in [0.25, 0.3) is 0 Å². The van der Waals surface area contributed by atoms with E-state index < -0.39 is 13.6 Å². The van der Waals surface area contributed by atoms with Gasteiger partial charge in [-0.3, -0.25) is 9.36 Å². The van der Waals surface area contributed by atoms with Crippen LogP contribution >= 0.6 is 7.60 Å². The zero-order valence-electron chi connectivity index (χ0n) is 5.80. The van der Waals surface area contributed by atoms with Crippen LogP contribution in [0.15, 0.2) is 0 Å². The Balaban J connectivity index is 3.29. The van der Waals surface area contributed by atoms with Crippen molar-refractivity contribution in [2.75, 3.05) is 12.8 Å². The van der Waals surface area contributed by atoms with E-state index in [2.05, 4.69) is 0 Å². The Kier molecular flexibility index (Phi) is 4.29. The molecular formula is C4H11NO5P+. The molecular weight excluding hydrogens is 173 g/mol. The fraction of sp³-hybridized carbons (Fsp3) is 0.750. The summed E-state index contributed by atoms with van der Waals surface area (Å²) < 4.78 is 10.2. The molecule has 0 amide bonds. The quantitative estimate of drug-likeness (QED) is 0.296. The summed E-state index contributed by atoms with van der Waals surface area (Å²) in [5, 5.41) is 9.42. The van der Waals surface area contributed by atoms with Crippen molar-refractivity contribution in [1.29, 1.82) is 0 Å². The second kappa shape index (κ2) is 4.46. The summed E-state index contributed by atoms with van der Waals surface area (Å²) in [5.41, 5.74) is 0. The Morgan fingerprint density at radius 3 is 2.36 bits per heavy atom. The van der Waals surface area contributed by atoms with Crippen LogP contribution in [0, 0.1) is 0 Å². The minimum Gasteiger partial charge on any atom is -0.481 e. The molecule has 0 aliphatic carbocycles. The van der Waals surface area contributed by atoms with Gasteiger partial charge in [0.05, 0.1) is 13.0 Å². The summed E-state index contributed by atoms with van der Waals surface area (Å²) in [4.78, 5) is 26.5. The van der Waals surface area contributed by atoms with Gasteiger partial charge in [-0.15, -0.1) is 0 Å². The van der Waals surface area contributed by atoms with Crippen molar-refractivity contribution < 1.29 is 29.6 Å². The lowest BCUT2D eigenvalue weighted by atomic mass is 10.4. The molecule has 66 valence electrons. The average Bonchev–Trinajstić information content (AvgIpc) is 1.78. The van der Waals surface area contributed by atoms with Gasteiger partial charge in [-0.25, -0.2) is 0 Å². The summed E-state index contributed by atoms with van der Waals surface area (Å²) in [7, 11) is -3.97. The summed E-state index contributed by atoms with van der Waals surface area (Å²) in [6.45, 7) is 0.195. The molecule has 0 saturated carbocycles. The summed E-state index contributed by atoms with van der Waals surface area (Å²) >= 11 is 0. The number of hydrogen-bond acceptors (Lipinski definition) is 2. The first kappa shape index (κ1) is 10.6. The predicted octanol–water partition coefficient (Wildman–Crippen LogP) is -1.84. The predicted molar refractivity (Wildman–Crippen MR) is 36.0 cm³/mol. The van der Waals surface area contributed by atoms with Crippen LogP contribution in [0.5, 0.6) is 0 Å². The SMILES string of the molecule is O=C(O)CC[NH2+]CP(=O)(O)O. The highest BCUT2D eigenvalue weighted by atomic mass is 31.2. The van der Waals surface area contributed by atoms with Gasteiger partial charge in [0.2, 0.25) is 0 Å². The number of nitrogens with two attached hydrogens (primary N) is 1. The van der Waals surface area contributed by atoms with E-state index in [4.69, 9.17) is 14.9 Å². The minimum atomic E-state index is -3.97. The maximum atomic E-state index is 10.2. The van der Waals surface area contributed by atoms with Crippen LogP contribution < -0.4 is 5.32 Å². The Morgan fingerprint density at radius 1 is 1.45 bits per heavy atom. The first-order valence-electron chi connectivity index (χ1n) is 3.00. The molecule has 0 atom stereocenters. The van der Waals surface area contributed by atoms with E-state index in [1.54, 1.807) is 0 Å². The second-order valence-electron chi connectivity index (χ2n) is 2.07. The largest absolute Gasteiger partial charge is 0.481 e. The number of rotatable bonds is 5. The van der Waals surface area contributed by atoms with Crippen molar-refractivity contribution in [2.24, 2.45) is 0 Å². The first-order chi connectivity index (χ1) is 4.92. The van der Waals surface area contributed by atoms with E-state index in [0.717, 1.165) is 0 Å². The monoisotopic (exact) mass is 184 g/mol. The first-order valence-corrected chi connectivity index (χ1v) is 4.79. The lowest BCUT2D eigenvalue weighted by molar-refractivity contribution is -0.638. The lowest BCUT2D eigenvalue weighted by Gasteiger charge is -2.00. The zero-order valence-corrected chi connectivity index (χ0v) is 6.70.